The van der Waals surface area contributed by atoms with Gasteiger partial charge in [0.2, 0.25) is 11.8 Å². The van der Waals surface area contributed by atoms with E-state index in [-0.39, 0.29) is 0 Å². The van der Waals surface area contributed by atoms with Gasteiger partial charge in [0, 0.05) is 12.4 Å². The monoisotopic (exact) mass is 276 g/mol. The molecule has 20 heavy (non-hydrogen) atoms. The molecule has 102 valence electrons. The third-order valence-corrected chi connectivity index (χ3v) is 2.63. The minimum absolute atomic E-state index is 0.473. The summed E-state index contributed by atoms with van der Waals surface area (Å²) in [7, 11) is 0. The number of nitrogens with zero attached hydrogens (tertiary/aromatic N) is 2. The molecule has 0 radical (unpaired) electrons. The van der Waals surface area contributed by atoms with Crippen LogP contribution in [0, 0.1) is 0 Å². The Morgan fingerprint density at radius 2 is 1.10 bits per heavy atom. The van der Waals surface area contributed by atoms with E-state index in [9.17, 15) is 28.8 Å². The van der Waals surface area contributed by atoms with Gasteiger partial charge in [-0.05, 0) is 12.2 Å². The summed E-state index contributed by atoms with van der Waals surface area (Å²) in [5.41, 5.74) is 0. The molecule has 0 aliphatic carbocycles. The summed E-state index contributed by atoms with van der Waals surface area (Å²) in [5, 5.41) is 0. The van der Waals surface area contributed by atoms with Crippen molar-refractivity contribution in [2.45, 2.75) is 12.8 Å². The molecule has 0 saturated heterocycles. The first-order chi connectivity index (χ1) is 9.40. The molecule has 2 heterocycles. The summed E-state index contributed by atoms with van der Waals surface area (Å²) in [5.74, 6) is -5.17. The van der Waals surface area contributed by atoms with Crippen molar-refractivity contribution >= 4 is 35.2 Å². The van der Waals surface area contributed by atoms with E-state index in [1.807, 2.05) is 0 Å². The Morgan fingerprint density at radius 3 is 1.40 bits per heavy atom. The molecule has 8 heteroatoms. The lowest BCUT2D eigenvalue weighted by atomic mass is 10.1. The molecular formula is C12H8N2O6. The summed E-state index contributed by atoms with van der Waals surface area (Å²) < 4.78 is 0. The molecule has 2 aliphatic heterocycles. The van der Waals surface area contributed by atoms with Gasteiger partial charge < -0.3 is 0 Å². The average molecular weight is 276 g/mol. The molecule has 4 amide bonds. The van der Waals surface area contributed by atoms with E-state index in [2.05, 4.69) is 0 Å². The fourth-order valence-corrected chi connectivity index (χ4v) is 1.64. The van der Waals surface area contributed by atoms with Crippen LogP contribution in [-0.4, -0.2) is 45.0 Å². The third-order valence-electron chi connectivity index (χ3n) is 2.63. The number of hydrogen-bond donors (Lipinski definition) is 0. The smallest absolute Gasteiger partial charge is 0.294 e. The van der Waals surface area contributed by atoms with Crippen molar-refractivity contribution in [3.63, 3.8) is 0 Å². The van der Waals surface area contributed by atoms with Crippen LogP contribution >= 0.6 is 0 Å². The van der Waals surface area contributed by atoms with E-state index < -0.39 is 48.0 Å². The van der Waals surface area contributed by atoms with Gasteiger partial charge in [-0.1, -0.05) is 0 Å². The highest BCUT2D eigenvalue weighted by Crippen LogP contribution is 2.10. The van der Waals surface area contributed by atoms with Crippen molar-refractivity contribution in [2.75, 3.05) is 0 Å². The highest BCUT2D eigenvalue weighted by molar-refractivity contribution is 6.41. The number of imide groups is 2. The van der Waals surface area contributed by atoms with Crippen LogP contribution in [0.1, 0.15) is 12.8 Å². The minimum atomic E-state index is -1.26. The molecule has 0 aromatic heterocycles. The third kappa shape index (κ3) is 2.44. The first kappa shape index (κ1) is 13.5. The molecular weight excluding hydrogens is 268 g/mol. The van der Waals surface area contributed by atoms with Crippen LogP contribution in [-0.2, 0) is 28.8 Å². The van der Waals surface area contributed by atoms with Crippen molar-refractivity contribution in [1.82, 2.24) is 9.80 Å². The zero-order chi connectivity index (χ0) is 14.9. The van der Waals surface area contributed by atoms with Gasteiger partial charge in [0.25, 0.3) is 0 Å². The van der Waals surface area contributed by atoms with Crippen molar-refractivity contribution in [2.24, 2.45) is 0 Å². The van der Waals surface area contributed by atoms with Crippen LogP contribution in [0.4, 0.5) is 0 Å². The van der Waals surface area contributed by atoms with Gasteiger partial charge in [-0.15, -0.1) is 0 Å². The SMILES string of the molecule is O=C1C=CN(C(=O)C(=O)N2C=CC(=O)CC2=O)C(=O)C1. The van der Waals surface area contributed by atoms with Crippen LogP contribution in [0.2, 0.25) is 0 Å². The maximum Gasteiger partial charge on any atom is 0.323 e. The number of amides is 4. The molecule has 0 atom stereocenters. The van der Waals surface area contributed by atoms with Crippen molar-refractivity contribution in [1.29, 1.82) is 0 Å². The molecule has 0 saturated carbocycles. The molecule has 2 aliphatic rings. The standard InChI is InChI=1S/C12H8N2O6/c15-7-1-3-13(9(17)5-7)11(19)12(20)14-4-2-8(16)6-10(14)18/h1-4H,5-6H2. The van der Waals surface area contributed by atoms with Gasteiger partial charge in [-0.3, -0.25) is 28.8 Å². The summed E-state index contributed by atoms with van der Waals surface area (Å²) in [6.45, 7) is 0. The average Bonchev–Trinajstić information content (AvgIpc) is 2.37. The van der Waals surface area contributed by atoms with E-state index >= 15 is 0 Å². The van der Waals surface area contributed by atoms with E-state index in [0.717, 1.165) is 24.6 Å². The molecule has 0 spiro atoms. The second-order valence-corrected chi connectivity index (χ2v) is 4.06. The van der Waals surface area contributed by atoms with Gasteiger partial charge in [0.15, 0.2) is 11.6 Å². The van der Waals surface area contributed by atoms with Crippen molar-refractivity contribution < 1.29 is 28.8 Å². The van der Waals surface area contributed by atoms with Gasteiger partial charge in [-0.25, -0.2) is 9.80 Å². The Balaban J connectivity index is 2.19. The molecule has 0 unspecified atom stereocenters. The zero-order valence-electron chi connectivity index (χ0n) is 10.1. The Hall–Kier alpha value is -2.90. The summed E-state index contributed by atoms with van der Waals surface area (Å²) in [6, 6.07) is 0. The van der Waals surface area contributed by atoms with Gasteiger partial charge >= 0.3 is 11.8 Å². The minimum Gasteiger partial charge on any atom is -0.294 e. The zero-order valence-corrected chi connectivity index (χ0v) is 10.1. The number of rotatable bonds is 0. The number of ketones is 2. The van der Waals surface area contributed by atoms with Crippen molar-refractivity contribution in [3.8, 4) is 0 Å². The Morgan fingerprint density at radius 1 is 0.750 bits per heavy atom. The summed E-state index contributed by atoms with van der Waals surface area (Å²) >= 11 is 0. The first-order valence-electron chi connectivity index (χ1n) is 5.54. The largest absolute Gasteiger partial charge is 0.323 e. The Labute approximate surface area is 112 Å². The molecule has 8 nitrogen and oxygen atoms in total. The fraction of sp³-hybridized carbons (Fsp3) is 0.167. The quantitative estimate of drug-likeness (QED) is 0.400. The van der Waals surface area contributed by atoms with E-state index in [4.69, 9.17) is 0 Å². The lowest BCUT2D eigenvalue weighted by Gasteiger charge is -2.22. The Bertz CT molecular complexity index is 561. The highest BCUT2D eigenvalue weighted by atomic mass is 16.2. The van der Waals surface area contributed by atoms with E-state index in [0.29, 0.717) is 9.80 Å². The lowest BCUT2D eigenvalue weighted by Crippen LogP contribution is -2.48. The Kier molecular flexibility index (Phi) is 3.38. The topological polar surface area (TPSA) is 109 Å². The molecule has 0 fully saturated rings. The van der Waals surface area contributed by atoms with Crippen LogP contribution in [0.5, 0.6) is 0 Å². The molecule has 2 rings (SSSR count). The second-order valence-electron chi connectivity index (χ2n) is 4.06. The van der Waals surface area contributed by atoms with Crippen LogP contribution in [0.3, 0.4) is 0 Å². The number of hydrogen-bond acceptors (Lipinski definition) is 6. The molecule has 0 N–H and O–H groups in total. The lowest BCUT2D eigenvalue weighted by molar-refractivity contribution is -0.157. The normalized spacial score (nSPS) is 18.8. The van der Waals surface area contributed by atoms with Crippen LogP contribution in [0.15, 0.2) is 24.6 Å². The highest BCUT2D eigenvalue weighted by Gasteiger charge is 2.35. The van der Waals surface area contributed by atoms with Gasteiger partial charge in [0.1, 0.15) is 0 Å². The predicted molar refractivity (Wildman–Crippen MR) is 61.2 cm³/mol. The number of allylic oxidation sites excluding steroid dienone is 2. The van der Waals surface area contributed by atoms with Crippen LogP contribution < -0.4 is 0 Å². The molecule has 0 bridgehead atoms. The van der Waals surface area contributed by atoms with Crippen LogP contribution in [0.25, 0.3) is 0 Å². The van der Waals surface area contributed by atoms with Gasteiger partial charge in [-0.2, -0.15) is 0 Å². The molecule has 0 aromatic carbocycles. The number of carbonyl (C=O) groups is 6. The maximum absolute atomic E-state index is 11.8. The predicted octanol–water partition coefficient (Wildman–Crippen LogP) is -1.33. The summed E-state index contributed by atoms with van der Waals surface area (Å²) in [4.78, 5) is 69.5. The van der Waals surface area contributed by atoms with Crippen molar-refractivity contribution in [3.05, 3.63) is 24.6 Å². The second kappa shape index (κ2) is 5.00. The molecule has 0 aromatic rings. The maximum atomic E-state index is 11.8. The first-order valence-corrected chi connectivity index (χ1v) is 5.54. The van der Waals surface area contributed by atoms with E-state index in [1.165, 1.54) is 0 Å². The number of carbonyl (C=O) groups excluding carboxylic acids is 6. The van der Waals surface area contributed by atoms with E-state index in [1.54, 1.807) is 0 Å². The fourth-order valence-electron chi connectivity index (χ4n) is 1.64. The summed E-state index contributed by atoms with van der Waals surface area (Å²) in [6.07, 6.45) is 2.72. The van der Waals surface area contributed by atoms with Gasteiger partial charge in [0.05, 0.1) is 12.8 Å².